The second-order valence-electron chi connectivity index (χ2n) is 6.23. The maximum atomic E-state index is 12.4. The average molecular weight is 337 g/mol. The molecule has 126 valence electrons. The molecule has 7 heteroatoms. The third-order valence-corrected chi connectivity index (χ3v) is 4.61. The number of benzene rings is 2. The first-order valence-corrected chi connectivity index (χ1v) is 8.05. The van der Waals surface area contributed by atoms with Gasteiger partial charge in [0.1, 0.15) is 0 Å². The maximum Gasteiger partial charge on any atom is 0.269 e. The summed E-state index contributed by atoms with van der Waals surface area (Å²) in [6, 6.07) is 9.21. The van der Waals surface area contributed by atoms with E-state index in [0.717, 1.165) is 36.2 Å². The zero-order valence-electron chi connectivity index (χ0n) is 13.3. The molecule has 0 saturated carbocycles. The van der Waals surface area contributed by atoms with Gasteiger partial charge in [-0.05, 0) is 48.2 Å². The van der Waals surface area contributed by atoms with Crippen molar-refractivity contribution in [2.45, 2.75) is 19.3 Å². The fourth-order valence-electron chi connectivity index (χ4n) is 3.49. The molecule has 0 aliphatic carbocycles. The summed E-state index contributed by atoms with van der Waals surface area (Å²) in [7, 11) is 0. The number of carbonyl (C=O) groups is 2. The van der Waals surface area contributed by atoms with Gasteiger partial charge in [0.05, 0.1) is 17.0 Å². The average Bonchev–Trinajstić information content (AvgIpc) is 2.92. The fraction of sp³-hybridized carbons (Fsp3) is 0.222. The van der Waals surface area contributed by atoms with Crippen LogP contribution in [0.25, 0.3) is 0 Å². The molecule has 4 rings (SSSR count). The summed E-state index contributed by atoms with van der Waals surface area (Å²) in [6.07, 6.45) is 2.16. The van der Waals surface area contributed by atoms with Gasteiger partial charge >= 0.3 is 0 Å². The van der Waals surface area contributed by atoms with Crippen molar-refractivity contribution in [3.8, 4) is 0 Å². The molecule has 7 nitrogen and oxygen atoms in total. The summed E-state index contributed by atoms with van der Waals surface area (Å²) in [6.45, 7) is 0.757. The number of nitrogens with one attached hydrogen (secondary N) is 1. The molecule has 2 aromatic carbocycles. The first-order chi connectivity index (χ1) is 12.0. The van der Waals surface area contributed by atoms with Crippen molar-refractivity contribution in [2.24, 2.45) is 0 Å². The molecule has 25 heavy (non-hydrogen) atoms. The highest BCUT2D eigenvalue weighted by atomic mass is 16.6. The zero-order chi connectivity index (χ0) is 17.6. The minimum Gasteiger partial charge on any atom is -0.322 e. The van der Waals surface area contributed by atoms with E-state index in [9.17, 15) is 19.7 Å². The van der Waals surface area contributed by atoms with Crippen molar-refractivity contribution in [3.63, 3.8) is 0 Å². The molecule has 0 fully saturated rings. The number of amides is 2. The van der Waals surface area contributed by atoms with Crippen LogP contribution >= 0.6 is 0 Å². The normalized spacial score (nSPS) is 15.0. The number of rotatable bonds is 3. The van der Waals surface area contributed by atoms with Crippen molar-refractivity contribution >= 4 is 28.9 Å². The molecule has 0 saturated heterocycles. The predicted octanol–water partition coefficient (Wildman–Crippen LogP) is 2.68. The highest BCUT2D eigenvalue weighted by molar-refractivity contribution is 6.06. The van der Waals surface area contributed by atoms with Gasteiger partial charge < -0.3 is 10.2 Å². The SMILES string of the molecule is O=C(Nc1cc2c3c(c1)CC(=O)N3CCC2)c1ccc([N+](=O)[O-])cc1. The van der Waals surface area contributed by atoms with Gasteiger partial charge in [0.25, 0.3) is 11.6 Å². The van der Waals surface area contributed by atoms with Crippen molar-refractivity contribution in [1.82, 2.24) is 0 Å². The number of hydrogen-bond donors (Lipinski definition) is 1. The zero-order valence-corrected chi connectivity index (χ0v) is 13.3. The lowest BCUT2D eigenvalue weighted by atomic mass is 9.99. The quantitative estimate of drug-likeness (QED) is 0.688. The number of anilines is 2. The van der Waals surface area contributed by atoms with Gasteiger partial charge in [-0.2, -0.15) is 0 Å². The van der Waals surface area contributed by atoms with Crippen LogP contribution in [0.2, 0.25) is 0 Å². The number of aryl methyl sites for hydroxylation is 1. The minimum atomic E-state index is -0.504. The summed E-state index contributed by atoms with van der Waals surface area (Å²) in [5.74, 6) is -0.228. The van der Waals surface area contributed by atoms with Crippen LogP contribution in [0.3, 0.4) is 0 Å². The van der Waals surface area contributed by atoms with E-state index in [1.807, 2.05) is 17.0 Å². The van der Waals surface area contributed by atoms with E-state index in [1.165, 1.54) is 24.3 Å². The Morgan fingerprint density at radius 1 is 1.16 bits per heavy atom. The van der Waals surface area contributed by atoms with Gasteiger partial charge in [-0.1, -0.05) is 0 Å². The van der Waals surface area contributed by atoms with Gasteiger partial charge in [-0.3, -0.25) is 19.7 Å². The first-order valence-electron chi connectivity index (χ1n) is 8.05. The summed E-state index contributed by atoms with van der Waals surface area (Å²) < 4.78 is 0. The predicted molar refractivity (Wildman–Crippen MR) is 91.9 cm³/mol. The molecule has 0 bridgehead atoms. The lowest BCUT2D eigenvalue weighted by Crippen LogP contribution is -2.31. The summed E-state index contributed by atoms with van der Waals surface area (Å²) in [5.41, 5.74) is 3.96. The van der Waals surface area contributed by atoms with Crippen LogP contribution in [0.4, 0.5) is 17.1 Å². The second-order valence-corrected chi connectivity index (χ2v) is 6.23. The van der Waals surface area contributed by atoms with E-state index in [0.29, 0.717) is 17.7 Å². The van der Waals surface area contributed by atoms with Crippen LogP contribution in [0, 0.1) is 10.1 Å². The summed E-state index contributed by atoms with van der Waals surface area (Å²) >= 11 is 0. The Bertz CT molecular complexity index is 905. The third-order valence-electron chi connectivity index (χ3n) is 4.61. The molecule has 0 unspecified atom stereocenters. The van der Waals surface area contributed by atoms with Crippen molar-refractivity contribution in [1.29, 1.82) is 0 Å². The van der Waals surface area contributed by atoms with Gasteiger partial charge in [0.2, 0.25) is 5.91 Å². The molecule has 0 spiro atoms. The Hall–Kier alpha value is -3.22. The van der Waals surface area contributed by atoms with Gasteiger partial charge in [-0.15, -0.1) is 0 Å². The fourth-order valence-corrected chi connectivity index (χ4v) is 3.49. The molecule has 0 radical (unpaired) electrons. The molecule has 0 aromatic heterocycles. The summed E-state index contributed by atoms with van der Waals surface area (Å²) in [5, 5.41) is 13.5. The molecular formula is C18H15N3O4. The Kier molecular flexibility index (Phi) is 3.49. The van der Waals surface area contributed by atoms with E-state index in [2.05, 4.69) is 5.32 Å². The monoisotopic (exact) mass is 337 g/mol. The van der Waals surface area contributed by atoms with Crippen LogP contribution < -0.4 is 10.2 Å². The first kappa shape index (κ1) is 15.3. The number of nitro benzene ring substituents is 1. The second kappa shape index (κ2) is 5.70. The van der Waals surface area contributed by atoms with Crippen LogP contribution in [-0.4, -0.2) is 23.3 Å². The van der Waals surface area contributed by atoms with E-state index in [4.69, 9.17) is 0 Å². The van der Waals surface area contributed by atoms with E-state index < -0.39 is 4.92 Å². The smallest absolute Gasteiger partial charge is 0.269 e. The van der Waals surface area contributed by atoms with Gasteiger partial charge in [0, 0.05) is 29.9 Å². The number of nitro groups is 1. The lowest BCUT2D eigenvalue weighted by Gasteiger charge is -2.26. The molecule has 1 N–H and O–H groups in total. The van der Waals surface area contributed by atoms with Gasteiger partial charge in [0.15, 0.2) is 0 Å². The molecule has 2 amide bonds. The molecular weight excluding hydrogens is 322 g/mol. The van der Waals surface area contributed by atoms with Crippen LogP contribution in [0.15, 0.2) is 36.4 Å². The van der Waals surface area contributed by atoms with Gasteiger partial charge in [-0.25, -0.2) is 0 Å². The van der Waals surface area contributed by atoms with E-state index >= 15 is 0 Å². The number of nitrogens with zero attached hydrogens (tertiary/aromatic N) is 2. The highest BCUT2D eigenvalue weighted by Gasteiger charge is 2.32. The van der Waals surface area contributed by atoms with Crippen LogP contribution in [-0.2, 0) is 17.6 Å². The molecule has 2 aliphatic heterocycles. The summed E-state index contributed by atoms with van der Waals surface area (Å²) in [4.78, 5) is 36.5. The Labute approximate surface area is 143 Å². The molecule has 0 atom stereocenters. The Balaban J connectivity index is 1.59. The van der Waals surface area contributed by atoms with Crippen molar-refractivity contribution in [3.05, 3.63) is 63.2 Å². The third kappa shape index (κ3) is 2.63. The highest BCUT2D eigenvalue weighted by Crippen LogP contribution is 2.38. The number of hydrogen-bond acceptors (Lipinski definition) is 4. The number of non-ortho nitro benzene ring substituents is 1. The number of carbonyl (C=O) groups excluding carboxylic acids is 2. The van der Waals surface area contributed by atoms with Crippen LogP contribution in [0.5, 0.6) is 0 Å². The molecule has 2 aliphatic rings. The molecule has 2 aromatic rings. The van der Waals surface area contributed by atoms with Crippen molar-refractivity contribution in [2.75, 3.05) is 16.8 Å². The maximum absolute atomic E-state index is 12.4. The topological polar surface area (TPSA) is 92.6 Å². The lowest BCUT2D eigenvalue weighted by molar-refractivity contribution is -0.384. The van der Waals surface area contributed by atoms with Crippen molar-refractivity contribution < 1.29 is 14.5 Å². The van der Waals surface area contributed by atoms with E-state index in [-0.39, 0.29) is 17.5 Å². The minimum absolute atomic E-state index is 0.0582. The Morgan fingerprint density at radius 3 is 2.60 bits per heavy atom. The van der Waals surface area contributed by atoms with Crippen LogP contribution in [0.1, 0.15) is 27.9 Å². The largest absolute Gasteiger partial charge is 0.322 e. The standard InChI is InChI=1S/C18H15N3O4/c22-16-10-13-9-14(8-12-2-1-7-20(16)17(12)13)19-18(23)11-3-5-15(6-4-11)21(24)25/h3-6,8-9H,1-2,7,10H2,(H,19,23). The molecule has 2 heterocycles. The van der Waals surface area contributed by atoms with E-state index in [1.54, 1.807) is 0 Å². The Morgan fingerprint density at radius 2 is 1.88 bits per heavy atom.